The van der Waals surface area contributed by atoms with Crippen molar-refractivity contribution in [3.8, 4) is 0 Å². The Labute approximate surface area is 142 Å². The molecule has 23 heavy (non-hydrogen) atoms. The molecule has 126 valence electrons. The molecule has 2 aromatic heterocycles. The van der Waals surface area contributed by atoms with Crippen molar-refractivity contribution in [2.24, 2.45) is 0 Å². The monoisotopic (exact) mass is 334 g/mol. The summed E-state index contributed by atoms with van der Waals surface area (Å²) in [5.41, 5.74) is 0. The summed E-state index contributed by atoms with van der Waals surface area (Å²) in [6, 6.07) is 6.75. The standard InChI is InChI=1S/C17H26N4OS/c22-12-5-16-14-19(7-3-9-21-8-2-6-18-21)10-11-20(16)15-17-4-1-13-23-17/h1-2,4,6,8,13,16,22H,3,5,7,9-12,14-15H2. The minimum Gasteiger partial charge on any atom is -0.396 e. The SMILES string of the molecule is OCCC1CN(CCCn2cccn2)CCN1Cc1cccs1. The van der Waals surface area contributed by atoms with E-state index in [1.807, 2.05) is 34.5 Å². The third kappa shape index (κ3) is 4.88. The molecule has 1 saturated heterocycles. The van der Waals surface area contributed by atoms with Crippen molar-refractivity contribution in [2.75, 3.05) is 32.8 Å². The van der Waals surface area contributed by atoms with E-state index in [1.54, 1.807) is 0 Å². The van der Waals surface area contributed by atoms with Crippen LogP contribution in [0.2, 0.25) is 0 Å². The van der Waals surface area contributed by atoms with Gasteiger partial charge in [0.2, 0.25) is 0 Å². The third-order valence-electron chi connectivity index (χ3n) is 4.51. The number of hydrogen-bond acceptors (Lipinski definition) is 5. The van der Waals surface area contributed by atoms with E-state index in [4.69, 9.17) is 0 Å². The molecular weight excluding hydrogens is 308 g/mol. The van der Waals surface area contributed by atoms with Gasteiger partial charge >= 0.3 is 0 Å². The van der Waals surface area contributed by atoms with Crippen molar-refractivity contribution in [3.05, 3.63) is 40.8 Å². The quantitative estimate of drug-likeness (QED) is 0.801. The van der Waals surface area contributed by atoms with E-state index >= 15 is 0 Å². The maximum absolute atomic E-state index is 9.40. The van der Waals surface area contributed by atoms with Crippen LogP contribution in [-0.2, 0) is 13.1 Å². The average Bonchev–Trinajstić information content (AvgIpc) is 3.24. The summed E-state index contributed by atoms with van der Waals surface area (Å²) in [4.78, 5) is 6.49. The van der Waals surface area contributed by atoms with Gasteiger partial charge in [0.1, 0.15) is 0 Å². The summed E-state index contributed by atoms with van der Waals surface area (Å²) in [7, 11) is 0. The first-order chi connectivity index (χ1) is 11.3. The van der Waals surface area contributed by atoms with Gasteiger partial charge in [0.25, 0.3) is 0 Å². The first-order valence-corrected chi connectivity index (χ1v) is 9.30. The Balaban J connectivity index is 1.47. The average molecular weight is 334 g/mol. The summed E-state index contributed by atoms with van der Waals surface area (Å²) >= 11 is 1.82. The lowest BCUT2D eigenvalue weighted by Crippen LogP contribution is -2.53. The highest BCUT2D eigenvalue weighted by Gasteiger charge is 2.26. The van der Waals surface area contributed by atoms with Crippen LogP contribution in [0.1, 0.15) is 17.7 Å². The van der Waals surface area contributed by atoms with Gasteiger partial charge in [-0.15, -0.1) is 11.3 Å². The van der Waals surface area contributed by atoms with Crippen LogP contribution in [0.25, 0.3) is 0 Å². The van der Waals surface area contributed by atoms with E-state index in [2.05, 4.69) is 32.4 Å². The maximum Gasteiger partial charge on any atom is 0.0489 e. The minimum absolute atomic E-state index is 0.271. The van der Waals surface area contributed by atoms with Crippen molar-refractivity contribution >= 4 is 11.3 Å². The van der Waals surface area contributed by atoms with Crippen molar-refractivity contribution in [1.29, 1.82) is 0 Å². The number of aliphatic hydroxyl groups excluding tert-OH is 1. The third-order valence-corrected chi connectivity index (χ3v) is 5.37. The number of rotatable bonds is 8. The lowest BCUT2D eigenvalue weighted by molar-refractivity contribution is 0.0532. The van der Waals surface area contributed by atoms with Gasteiger partial charge < -0.3 is 10.0 Å². The van der Waals surface area contributed by atoms with Crippen LogP contribution in [0.15, 0.2) is 36.0 Å². The number of aromatic nitrogens is 2. The van der Waals surface area contributed by atoms with Gasteiger partial charge in [-0.1, -0.05) is 6.07 Å². The Hall–Kier alpha value is -1.21. The van der Waals surface area contributed by atoms with Crippen molar-refractivity contribution in [1.82, 2.24) is 19.6 Å². The number of thiophene rings is 1. The fraction of sp³-hybridized carbons (Fsp3) is 0.588. The first-order valence-electron chi connectivity index (χ1n) is 8.42. The Morgan fingerprint density at radius 3 is 2.96 bits per heavy atom. The highest BCUT2D eigenvalue weighted by Crippen LogP contribution is 2.19. The number of nitrogens with zero attached hydrogens (tertiary/aromatic N) is 4. The van der Waals surface area contributed by atoms with Crippen LogP contribution < -0.4 is 0 Å². The molecular formula is C17H26N4OS. The fourth-order valence-electron chi connectivity index (χ4n) is 3.28. The topological polar surface area (TPSA) is 44.5 Å². The summed E-state index contributed by atoms with van der Waals surface area (Å²) in [5, 5.41) is 15.8. The van der Waals surface area contributed by atoms with E-state index in [0.29, 0.717) is 6.04 Å². The summed E-state index contributed by atoms with van der Waals surface area (Å²) < 4.78 is 2.00. The Morgan fingerprint density at radius 1 is 1.26 bits per heavy atom. The van der Waals surface area contributed by atoms with Gasteiger partial charge in [-0.3, -0.25) is 9.58 Å². The largest absolute Gasteiger partial charge is 0.396 e. The van der Waals surface area contributed by atoms with Gasteiger partial charge in [0.15, 0.2) is 0 Å². The number of aliphatic hydroxyl groups is 1. The second-order valence-corrected chi connectivity index (χ2v) is 7.17. The lowest BCUT2D eigenvalue weighted by atomic mass is 10.1. The molecule has 1 N–H and O–H groups in total. The predicted molar refractivity (Wildman–Crippen MR) is 93.5 cm³/mol. The maximum atomic E-state index is 9.40. The molecule has 1 unspecified atom stereocenters. The molecule has 0 amide bonds. The van der Waals surface area contributed by atoms with Gasteiger partial charge in [0, 0.05) is 69.2 Å². The summed E-state index contributed by atoms with van der Waals surface area (Å²) in [6.45, 7) is 6.64. The Bertz CT molecular complexity index is 543. The highest BCUT2D eigenvalue weighted by atomic mass is 32.1. The van der Waals surface area contributed by atoms with E-state index in [1.165, 1.54) is 4.88 Å². The van der Waals surface area contributed by atoms with Crippen LogP contribution in [0.4, 0.5) is 0 Å². The molecule has 6 heteroatoms. The fourth-order valence-corrected chi connectivity index (χ4v) is 4.01. The second-order valence-electron chi connectivity index (χ2n) is 6.14. The zero-order chi connectivity index (χ0) is 15.9. The predicted octanol–water partition coefficient (Wildman–Crippen LogP) is 1.90. The summed E-state index contributed by atoms with van der Waals surface area (Å²) in [5.74, 6) is 0. The van der Waals surface area contributed by atoms with Crippen LogP contribution in [0.5, 0.6) is 0 Å². The number of hydrogen-bond donors (Lipinski definition) is 1. The number of aryl methyl sites for hydroxylation is 1. The van der Waals surface area contributed by atoms with Gasteiger partial charge in [-0.2, -0.15) is 5.10 Å². The van der Waals surface area contributed by atoms with E-state index in [0.717, 1.165) is 52.1 Å². The first kappa shape index (κ1) is 16.6. The number of piperazine rings is 1. The molecule has 1 atom stereocenters. The van der Waals surface area contributed by atoms with Gasteiger partial charge in [-0.25, -0.2) is 0 Å². The molecule has 0 saturated carbocycles. The molecule has 1 aliphatic heterocycles. The zero-order valence-electron chi connectivity index (χ0n) is 13.5. The van der Waals surface area contributed by atoms with Crippen molar-refractivity contribution in [2.45, 2.75) is 32.0 Å². The minimum atomic E-state index is 0.271. The van der Waals surface area contributed by atoms with Gasteiger partial charge in [0.05, 0.1) is 0 Å². The van der Waals surface area contributed by atoms with Crippen LogP contribution in [-0.4, -0.2) is 63.5 Å². The second kappa shape index (κ2) is 8.59. The van der Waals surface area contributed by atoms with E-state index in [-0.39, 0.29) is 6.61 Å². The molecule has 1 aliphatic rings. The van der Waals surface area contributed by atoms with Crippen LogP contribution >= 0.6 is 11.3 Å². The van der Waals surface area contributed by atoms with E-state index in [9.17, 15) is 5.11 Å². The van der Waals surface area contributed by atoms with Crippen molar-refractivity contribution < 1.29 is 5.11 Å². The molecule has 0 bridgehead atoms. The summed E-state index contributed by atoms with van der Waals surface area (Å²) in [6.07, 6.45) is 5.84. The smallest absolute Gasteiger partial charge is 0.0489 e. The molecule has 1 fully saturated rings. The van der Waals surface area contributed by atoms with E-state index < -0.39 is 0 Å². The molecule has 0 spiro atoms. The molecule has 3 rings (SSSR count). The van der Waals surface area contributed by atoms with Gasteiger partial charge in [-0.05, 0) is 30.4 Å². The normalized spacial score (nSPS) is 20.1. The molecule has 0 aromatic carbocycles. The Morgan fingerprint density at radius 2 is 2.22 bits per heavy atom. The van der Waals surface area contributed by atoms with Crippen molar-refractivity contribution in [3.63, 3.8) is 0 Å². The molecule has 0 radical (unpaired) electrons. The molecule has 2 aromatic rings. The van der Waals surface area contributed by atoms with Crippen LogP contribution in [0.3, 0.4) is 0 Å². The lowest BCUT2D eigenvalue weighted by Gasteiger charge is -2.41. The molecule has 3 heterocycles. The highest BCUT2D eigenvalue weighted by molar-refractivity contribution is 7.09. The zero-order valence-corrected chi connectivity index (χ0v) is 14.4. The Kier molecular flexibility index (Phi) is 6.21. The molecule has 5 nitrogen and oxygen atoms in total. The molecule has 0 aliphatic carbocycles. The van der Waals surface area contributed by atoms with Crippen LogP contribution in [0, 0.1) is 0 Å².